The van der Waals surface area contributed by atoms with Crippen molar-refractivity contribution in [3.8, 4) is 0 Å². The number of rotatable bonds is 9. The predicted octanol–water partition coefficient (Wildman–Crippen LogP) is 1.64. The molecule has 0 aliphatic heterocycles. The normalized spacial score (nSPS) is 11.9. The highest BCUT2D eigenvalue weighted by Crippen LogP contribution is 2.22. The summed E-state index contributed by atoms with van der Waals surface area (Å²) in [6, 6.07) is 0. The number of aliphatic hydroxyl groups excluding tert-OH is 1. The van der Waals surface area contributed by atoms with Gasteiger partial charge in [0.15, 0.2) is 0 Å². The number of anilines is 2. The van der Waals surface area contributed by atoms with Crippen LogP contribution < -0.4 is 10.6 Å². The zero-order chi connectivity index (χ0) is 15.0. The Morgan fingerprint density at radius 2 is 2.25 bits per heavy atom. The second-order valence-electron chi connectivity index (χ2n) is 4.57. The molecule has 112 valence electrons. The fraction of sp³-hybridized carbons (Fsp3) is 0.667. The molecule has 1 aromatic rings. The smallest absolute Gasteiger partial charge is 0.329 e. The third kappa shape index (κ3) is 4.96. The van der Waals surface area contributed by atoms with Gasteiger partial charge in [0.2, 0.25) is 11.8 Å². The Bertz CT molecular complexity index is 441. The van der Waals surface area contributed by atoms with Crippen LogP contribution >= 0.6 is 0 Å². The number of hydrogen-bond acceptors (Lipinski definition) is 7. The lowest BCUT2D eigenvalue weighted by Gasteiger charge is -2.10. The Balaban J connectivity index is 2.65. The Hall–Kier alpha value is -1.96. The van der Waals surface area contributed by atoms with Crippen molar-refractivity contribution in [3.63, 3.8) is 0 Å². The number of nitro groups is 1. The molecule has 0 aliphatic rings. The topological polar surface area (TPSA) is 113 Å². The first-order valence-corrected chi connectivity index (χ1v) is 6.68. The van der Waals surface area contributed by atoms with Crippen LogP contribution in [-0.4, -0.2) is 39.7 Å². The van der Waals surface area contributed by atoms with Crippen molar-refractivity contribution in [2.45, 2.75) is 26.7 Å². The molecule has 8 heteroatoms. The van der Waals surface area contributed by atoms with Crippen LogP contribution in [0, 0.1) is 16.0 Å². The van der Waals surface area contributed by atoms with E-state index in [4.69, 9.17) is 5.11 Å². The van der Waals surface area contributed by atoms with E-state index in [2.05, 4.69) is 20.6 Å². The molecule has 0 aromatic carbocycles. The van der Waals surface area contributed by atoms with Gasteiger partial charge in [0.25, 0.3) is 0 Å². The highest BCUT2D eigenvalue weighted by Gasteiger charge is 2.16. The summed E-state index contributed by atoms with van der Waals surface area (Å²) in [6.07, 6.45) is 2.85. The van der Waals surface area contributed by atoms with Crippen LogP contribution in [0.2, 0.25) is 0 Å². The maximum Gasteiger partial charge on any atom is 0.329 e. The average molecular weight is 283 g/mol. The van der Waals surface area contributed by atoms with Gasteiger partial charge in [-0.15, -0.1) is 0 Å². The third-order valence-corrected chi connectivity index (χ3v) is 2.78. The van der Waals surface area contributed by atoms with Crippen molar-refractivity contribution in [1.29, 1.82) is 0 Å². The molecule has 1 unspecified atom stereocenters. The molecule has 0 aliphatic carbocycles. The summed E-state index contributed by atoms with van der Waals surface area (Å²) in [5, 5.41) is 25.7. The van der Waals surface area contributed by atoms with Gasteiger partial charge in [-0.05, 0) is 25.7 Å². The van der Waals surface area contributed by atoms with Crippen LogP contribution in [0.1, 0.15) is 26.7 Å². The fourth-order valence-electron chi connectivity index (χ4n) is 1.63. The van der Waals surface area contributed by atoms with Crippen LogP contribution in [0.15, 0.2) is 6.20 Å². The molecule has 3 N–H and O–H groups in total. The van der Waals surface area contributed by atoms with E-state index in [0.29, 0.717) is 19.0 Å². The van der Waals surface area contributed by atoms with Gasteiger partial charge in [-0.1, -0.05) is 6.92 Å². The number of hydrogen-bond donors (Lipinski definition) is 3. The van der Waals surface area contributed by atoms with Gasteiger partial charge in [0.1, 0.15) is 6.20 Å². The molecular weight excluding hydrogens is 262 g/mol. The largest absolute Gasteiger partial charge is 0.396 e. The fourth-order valence-corrected chi connectivity index (χ4v) is 1.63. The second kappa shape index (κ2) is 8.26. The predicted molar refractivity (Wildman–Crippen MR) is 76.8 cm³/mol. The van der Waals surface area contributed by atoms with Gasteiger partial charge >= 0.3 is 5.69 Å². The van der Waals surface area contributed by atoms with E-state index in [1.165, 1.54) is 6.20 Å². The van der Waals surface area contributed by atoms with Crippen molar-refractivity contribution in [3.05, 3.63) is 16.3 Å². The maximum absolute atomic E-state index is 10.9. The first-order valence-electron chi connectivity index (χ1n) is 6.68. The minimum absolute atomic E-state index is 0.137. The minimum Gasteiger partial charge on any atom is -0.396 e. The van der Waals surface area contributed by atoms with E-state index >= 15 is 0 Å². The number of aliphatic hydroxyl groups is 1. The molecule has 0 spiro atoms. The monoisotopic (exact) mass is 283 g/mol. The van der Waals surface area contributed by atoms with E-state index in [0.717, 1.165) is 12.8 Å². The molecule has 8 nitrogen and oxygen atoms in total. The van der Waals surface area contributed by atoms with Crippen LogP contribution in [0.5, 0.6) is 0 Å². The maximum atomic E-state index is 10.9. The lowest BCUT2D eigenvalue weighted by Crippen LogP contribution is -2.11. The molecule has 0 saturated carbocycles. The SMILES string of the molecule is CCNc1ncc([N+](=O)[O-])c(NCCCC(C)CO)n1. The summed E-state index contributed by atoms with van der Waals surface area (Å²) in [5.74, 6) is 0.816. The van der Waals surface area contributed by atoms with Gasteiger partial charge in [-0.3, -0.25) is 10.1 Å². The summed E-state index contributed by atoms with van der Waals surface area (Å²) < 4.78 is 0. The van der Waals surface area contributed by atoms with Crippen LogP contribution in [0.4, 0.5) is 17.5 Å². The van der Waals surface area contributed by atoms with E-state index in [9.17, 15) is 10.1 Å². The molecule has 0 bridgehead atoms. The van der Waals surface area contributed by atoms with Crippen LogP contribution in [0.25, 0.3) is 0 Å². The van der Waals surface area contributed by atoms with Crippen molar-refractivity contribution < 1.29 is 10.0 Å². The van der Waals surface area contributed by atoms with Crippen LogP contribution in [-0.2, 0) is 0 Å². The van der Waals surface area contributed by atoms with Gasteiger partial charge in [0.05, 0.1) is 4.92 Å². The highest BCUT2D eigenvalue weighted by molar-refractivity contribution is 5.56. The lowest BCUT2D eigenvalue weighted by atomic mass is 10.1. The second-order valence-corrected chi connectivity index (χ2v) is 4.57. The molecule has 1 aromatic heterocycles. The molecular formula is C12H21N5O3. The Morgan fingerprint density at radius 3 is 2.85 bits per heavy atom. The molecule has 1 heterocycles. The van der Waals surface area contributed by atoms with E-state index in [1.54, 1.807) is 0 Å². The van der Waals surface area contributed by atoms with E-state index < -0.39 is 4.92 Å². The molecule has 0 amide bonds. The number of nitrogens with one attached hydrogen (secondary N) is 2. The Labute approximate surface area is 117 Å². The van der Waals surface area contributed by atoms with Crippen molar-refractivity contribution in [1.82, 2.24) is 9.97 Å². The number of aromatic nitrogens is 2. The first-order chi connectivity index (χ1) is 9.58. The van der Waals surface area contributed by atoms with E-state index in [1.807, 2.05) is 13.8 Å². The van der Waals surface area contributed by atoms with Crippen molar-refractivity contribution in [2.75, 3.05) is 30.3 Å². The summed E-state index contributed by atoms with van der Waals surface area (Å²) in [5.41, 5.74) is -0.137. The first kappa shape index (κ1) is 16.1. The van der Waals surface area contributed by atoms with Gasteiger partial charge in [-0.2, -0.15) is 4.98 Å². The van der Waals surface area contributed by atoms with Crippen molar-refractivity contribution in [2.24, 2.45) is 5.92 Å². The lowest BCUT2D eigenvalue weighted by molar-refractivity contribution is -0.384. The minimum atomic E-state index is -0.506. The quantitative estimate of drug-likeness (QED) is 0.358. The molecule has 1 atom stereocenters. The van der Waals surface area contributed by atoms with Gasteiger partial charge in [-0.25, -0.2) is 4.98 Å². The van der Waals surface area contributed by atoms with Gasteiger partial charge < -0.3 is 15.7 Å². The summed E-state index contributed by atoms with van der Waals surface area (Å²) in [6.45, 7) is 5.21. The molecule has 20 heavy (non-hydrogen) atoms. The van der Waals surface area contributed by atoms with E-state index in [-0.39, 0.29) is 24.0 Å². The molecule has 0 fully saturated rings. The Morgan fingerprint density at radius 1 is 1.50 bits per heavy atom. The molecule has 0 saturated heterocycles. The summed E-state index contributed by atoms with van der Waals surface area (Å²) >= 11 is 0. The zero-order valence-corrected chi connectivity index (χ0v) is 11.8. The van der Waals surface area contributed by atoms with Crippen LogP contribution in [0.3, 0.4) is 0 Å². The highest BCUT2D eigenvalue weighted by atomic mass is 16.6. The third-order valence-electron chi connectivity index (χ3n) is 2.78. The molecule has 0 radical (unpaired) electrons. The zero-order valence-electron chi connectivity index (χ0n) is 11.8. The Kier molecular flexibility index (Phi) is 6.65. The number of nitrogens with zero attached hydrogens (tertiary/aromatic N) is 3. The average Bonchev–Trinajstić information content (AvgIpc) is 2.43. The molecule has 1 rings (SSSR count). The van der Waals surface area contributed by atoms with Gasteiger partial charge in [0, 0.05) is 19.7 Å². The van der Waals surface area contributed by atoms with Crippen molar-refractivity contribution >= 4 is 17.5 Å². The summed E-state index contributed by atoms with van der Waals surface area (Å²) in [4.78, 5) is 18.4. The summed E-state index contributed by atoms with van der Waals surface area (Å²) in [7, 11) is 0. The standard InChI is InChI=1S/C12H21N5O3/c1-3-13-12-15-7-10(17(19)20)11(16-12)14-6-4-5-9(2)8-18/h7,9,18H,3-6,8H2,1-2H3,(H2,13,14,15,16).